The number of rotatable bonds is 16. The van der Waals surface area contributed by atoms with Gasteiger partial charge in [0.15, 0.2) is 5.13 Å². The number of anilines is 1. The summed E-state index contributed by atoms with van der Waals surface area (Å²) in [5.41, 5.74) is 0.548. The van der Waals surface area contributed by atoms with Crippen LogP contribution in [0.5, 0.6) is 0 Å². The molecule has 20 heteroatoms. The smallest absolute Gasteiger partial charge is 0.870 e. The molecule has 0 aliphatic carbocycles. The molecule has 0 radical (unpaired) electrons. The van der Waals surface area contributed by atoms with Crippen LogP contribution < -0.4 is 29.0 Å². The van der Waals surface area contributed by atoms with Crippen LogP contribution in [0.15, 0.2) is 88.6 Å². The summed E-state index contributed by atoms with van der Waals surface area (Å²) in [5.74, 6) is -1.71. The Kier molecular flexibility index (Phi) is 25.5. The van der Waals surface area contributed by atoms with Crippen LogP contribution in [0.25, 0.3) is 11.1 Å². The van der Waals surface area contributed by atoms with Crippen molar-refractivity contribution in [2.24, 2.45) is 4.99 Å². The van der Waals surface area contributed by atoms with Crippen LogP contribution >= 0.6 is 22.7 Å². The zero-order valence-electron chi connectivity index (χ0n) is 40.1. The standard InChI is InChI=1S/C27H36N2O7S.C20H24N2O5S.Li.H2O/c1-8-34-22(30)20(15-12-16-33-17-19-13-10-9-11-14-19)21-18-37-23(28-24(31)35-26(2,3)4)29(21)25(32)36-27(5,6)7;1-20(2,3)27-19(25)22-18-21-16(13-28-18)15(17(23)24)10-7-11-26-12-14-8-5-4-6-9-14;;/h9-11,13-15,18H,8,12,16-17H2,1-7H3;4-6,8-10,13H,7,11-12H2,1-3H3,(H,23,24)(H,21,22,25);;1H2/q;;+1;/p-1. The van der Waals surface area contributed by atoms with E-state index in [-0.39, 0.29) is 63.4 Å². The number of ether oxygens (including phenoxy) is 6. The number of nitrogens with one attached hydrogen (secondary N) is 1. The minimum Gasteiger partial charge on any atom is -0.870 e. The summed E-state index contributed by atoms with van der Waals surface area (Å²) in [6.07, 6.45) is 1.73. The molecule has 0 atom stereocenters. The van der Waals surface area contributed by atoms with E-state index in [1.807, 2.05) is 60.7 Å². The molecule has 0 saturated heterocycles. The number of hydrogen-bond acceptors (Lipinski definition) is 15. The van der Waals surface area contributed by atoms with Crippen molar-refractivity contribution >= 4 is 69.2 Å². The van der Waals surface area contributed by atoms with Crippen molar-refractivity contribution in [2.75, 3.05) is 25.1 Å². The van der Waals surface area contributed by atoms with Crippen molar-refractivity contribution in [3.05, 3.63) is 111 Å². The zero-order valence-corrected chi connectivity index (χ0v) is 41.7. The number of carboxylic acids is 1. The molecule has 0 fully saturated rings. The number of thiazole rings is 2. The largest absolute Gasteiger partial charge is 1.00 e. The Balaban J connectivity index is 0.000000673. The fourth-order valence-corrected chi connectivity index (χ4v) is 6.73. The van der Waals surface area contributed by atoms with E-state index < -0.39 is 47.0 Å². The maximum absolute atomic E-state index is 13.2. The monoisotopic (exact) mass is 960 g/mol. The molecule has 4 aromatic rings. The predicted molar refractivity (Wildman–Crippen MR) is 251 cm³/mol. The first-order chi connectivity index (χ1) is 30.5. The molecule has 0 aliphatic rings. The van der Waals surface area contributed by atoms with Gasteiger partial charge in [-0.1, -0.05) is 72.8 Å². The SMILES string of the molecule is CC(C)(C)OC(=O)Nc1nc(C(=CCCOCc2ccccc2)C(=O)O)cs1.CCOC(=O)C(=CCCOCc1ccccc1)c1csc(=NC(=O)OC(C)(C)C)n1C(=O)OC(C)(C)C.[Li+].[OH-]. The molecule has 2 amide bonds. The second-order valence-corrected chi connectivity index (χ2v) is 18.6. The molecule has 0 unspecified atom stereocenters. The molecule has 0 bridgehead atoms. The van der Waals surface area contributed by atoms with Crippen LogP contribution in [0.2, 0.25) is 0 Å². The molecule has 2 heterocycles. The third kappa shape index (κ3) is 23.3. The number of nitrogens with zero attached hydrogens (tertiary/aromatic N) is 3. The van der Waals surface area contributed by atoms with E-state index in [2.05, 4.69) is 15.3 Å². The van der Waals surface area contributed by atoms with Gasteiger partial charge in [-0.2, -0.15) is 0 Å². The number of benzene rings is 2. The molecule has 360 valence electrons. The molecule has 2 aromatic carbocycles. The topological polar surface area (TPSA) is 233 Å². The normalized spacial score (nSPS) is 12.1. The summed E-state index contributed by atoms with van der Waals surface area (Å²) in [6.45, 7) is 19.0. The van der Waals surface area contributed by atoms with Gasteiger partial charge in [-0.25, -0.2) is 33.5 Å². The molecule has 67 heavy (non-hydrogen) atoms. The van der Waals surface area contributed by atoms with Crippen molar-refractivity contribution in [1.29, 1.82) is 0 Å². The van der Waals surface area contributed by atoms with Gasteiger partial charge in [0.05, 0.1) is 55.6 Å². The Morgan fingerprint density at radius 1 is 0.731 bits per heavy atom. The quantitative estimate of drug-likeness (QED) is 0.0375. The summed E-state index contributed by atoms with van der Waals surface area (Å²) < 4.78 is 33.6. The van der Waals surface area contributed by atoms with E-state index >= 15 is 0 Å². The van der Waals surface area contributed by atoms with E-state index in [4.69, 9.17) is 28.4 Å². The Labute approximate surface area is 411 Å². The third-order valence-corrected chi connectivity index (χ3v) is 9.28. The molecule has 3 N–H and O–H groups in total. The zero-order chi connectivity index (χ0) is 48.2. The van der Waals surface area contributed by atoms with E-state index in [9.17, 15) is 29.1 Å². The van der Waals surface area contributed by atoms with Crippen LogP contribution in [0.3, 0.4) is 0 Å². The summed E-state index contributed by atoms with van der Waals surface area (Å²) in [7, 11) is 0. The first kappa shape index (κ1) is 59.6. The maximum atomic E-state index is 13.2. The van der Waals surface area contributed by atoms with Crippen molar-refractivity contribution in [1.82, 2.24) is 9.55 Å². The van der Waals surface area contributed by atoms with Gasteiger partial charge >= 0.3 is 49.1 Å². The minimum absolute atomic E-state index is 0. The summed E-state index contributed by atoms with van der Waals surface area (Å²) in [4.78, 5) is 69.9. The fraction of sp³-hybridized carbons (Fsp3) is 0.426. The second kappa shape index (κ2) is 28.7. The number of hydrogen-bond donors (Lipinski definition) is 2. The number of carboxylic acid groups (broad SMARTS) is 1. The van der Waals surface area contributed by atoms with E-state index in [0.717, 1.165) is 38.4 Å². The number of aliphatic carboxylic acids is 1. The second-order valence-electron chi connectivity index (χ2n) is 16.9. The van der Waals surface area contributed by atoms with Crippen LogP contribution in [0.4, 0.5) is 19.5 Å². The van der Waals surface area contributed by atoms with E-state index in [1.54, 1.807) is 92.1 Å². The molecular weight excluding hydrogens is 900 g/mol. The van der Waals surface area contributed by atoms with E-state index in [1.165, 1.54) is 0 Å². The van der Waals surface area contributed by atoms with Gasteiger partial charge in [-0.3, -0.25) is 5.32 Å². The van der Waals surface area contributed by atoms with Crippen molar-refractivity contribution < 1.29 is 81.8 Å². The molecule has 0 aliphatic heterocycles. The van der Waals surface area contributed by atoms with Crippen molar-refractivity contribution in [3.8, 4) is 0 Å². The minimum atomic E-state index is -1.09. The maximum Gasteiger partial charge on any atom is 1.00 e. The van der Waals surface area contributed by atoms with Crippen LogP contribution in [0.1, 0.15) is 105 Å². The van der Waals surface area contributed by atoms with Gasteiger partial charge in [-0.05, 0) is 93.2 Å². The average molecular weight is 961 g/mol. The molecular formula is C47H61LiN4O13S2. The average Bonchev–Trinajstić information content (AvgIpc) is 3.83. The number of carbonyl (C=O) groups is 5. The fourth-order valence-electron chi connectivity index (χ4n) is 5.17. The third-order valence-electron chi connectivity index (χ3n) is 7.70. The number of aromatic nitrogens is 2. The molecule has 4 rings (SSSR count). The van der Waals surface area contributed by atoms with Gasteiger partial charge in [-0.15, -0.1) is 27.7 Å². The summed E-state index contributed by atoms with van der Waals surface area (Å²) >= 11 is 2.14. The van der Waals surface area contributed by atoms with Crippen LogP contribution in [-0.2, 0) is 51.2 Å². The number of esters is 1. The van der Waals surface area contributed by atoms with E-state index in [0.29, 0.717) is 39.3 Å². The molecule has 0 spiro atoms. The Hall–Kier alpha value is -5.39. The molecule has 0 saturated carbocycles. The van der Waals surface area contributed by atoms with Crippen LogP contribution in [-0.4, -0.2) is 87.0 Å². The number of carbonyl (C=O) groups excluding carboxylic acids is 4. The van der Waals surface area contributed by atoms with Gasteiger partial charge in [0.1, 0.15) is 16.8 Å². The van der Waals surface area contributed by atoms with Crippen LogP contribution in [0, 0.1) is 0 Å². The Bertz CT molecular complexity index is 2320. The van der Waals surface area contributed by atoms with Gasteiger partial charge in [0, 0.05) is 10.8 Å². The Morgan fingerprint density at radius 2 is 1.24 bits per heavy atom. The summed E-state index contributed by atoms with van der Waals surface area (Å²) in [5, 5.41) is 15.4. The summed E-state index contributed by atoms with van der Waals surface area (Å²) in [6, 6.07) is 19.5. The van der Waals surface area contributed by atoms with Gasteiger partial charge in [0.25, 0.3) is 0 Å². The van der Waals surface area contributed by atoms with Crippen molar-refractivity contribution in [3.63, 3.8) is 0 Å². The number of amides is 2. The van der Waals surface area contributed by atoms with Gasteiger partial charge < -0.3 is 39.0 Å². The first-order valence-corrected chi connectivity index (χ1v) is 22.5. The predicted octanol–water partition coefficient (Wildman–Crippen LogP) is 7.11. The first-order valence-electron chi connectivity index (χ1n) is 20.8. The van der Waals surface area contributed by atoms with Crippen molar-refractivity contribution in [2.45, 2.75) is 112 Å². The Morgan fingerprint density at radius 3 is 1.72 bits per heavy atom. The molecule has 2 aromatic heterocycles. The molecule has 17 nitrogen and oxygen atoms in total. The van der Waals surface area contributed by atoms with Gasteiger partial charge in [0.2, 0.25) is 4.80 Å².